The van der Waals surface area contributed by atoms with Gasteiger partial charge in [-0.25, -0.2) is 13.1 Å². The summed E-state index contributed by atoms with van der Waals surface area (Å²) in [6.07, 6.45) is 0.357. The quantitative estimate of drug-likeness (QED) is 0.727. The maximum Gasteiger partial charge on any atom is 0.240 e. The van der Waals surface area contributed by atoms with Crippen molar-refractivity contribution in [3.63, 3.8) is 0 Å². The zero-order chi connectivity index (χ0) is 16.1. The lowest BCUT2D eigenvalue weighted by molar-refractivity contribution is -0.117. The highest BCUT2D eigenvalue weighted by atomic mass is 35.5. The van der Waals surface area contributed by atoms with Gasteiger partial charge in [0.05, 0.1) is 4.90 Å². The molecule has 0 radical (unpaired) electrons. The second kappa shape index (κ2) is 8.47. The fraction of sp³-hybridized carbons (Fsp3) is 0.500. The third kappa shape index (κ3) is 7.22. The van der Waals surface area contributed by atoms with E-state index in [1.807, 2.05) is 20.8 Å². The fourth-order valence-electron chi connectivity index (χ4n) is 1.70. The zero-order valence-corrected chi connectivity index (χ0v) is 14.7. The van der Waals surface area contributed by atoms with Gasteiger partial charge in [-0.1, -0.05) is 26.8 Å². The summed E-state index contributed by atoms with van der Waals surface area (Å²) in [5.41, 5.74) is 5.61. The molecule has 0 saturated heterocycles. The molecule has 4 N–H and O–H groups in total. The van der Waals surface area contributed by atoms with Crippen LogP contribution in [-0.2, 0) is 14.8 Å². The Morgan fingerprint density at radius 3 is 2.45 bits per heavy atom. The molecule has 0 saturated carbocycles. The van der Waals surface area contributed by atoms with Crippen LogP contribution in [0.25, 0.3) is 0 Å². The number of nitrogens with two attached hydrogens (primary N) is 1. The average Bonchev–Trinajstić information content (AvgIpc) is 2.34. The Morgan fingerprint density at radius 2 is 1.91 bits per heavy atom. The van der Waals surface area contributed by atoms with Crippen LogP contribution in [0, 0.1) is 5.41 Å². The minimum absolute atomic E-state index is 0. The van der Waals surface area contributed by atoms with Crippen molar-refractivity contribution in [2.24, 2.45) is 11.1 Å². The molecule has 1 aromatic rings. The Bertz CT molecular complexity index is 598. The van der Waals surface area contributed by atoms with Crippen molar-refractivity contribution in [3.8, 4) is 0 Å². The number of carbonyl (C=O) groups is 1. The van der Waals surface area contributed by atoms with Gasteiger partial charge in [0.2, 0.25) is 15.9 Å². The van der Waals surface area contributed by atoms with E-state index in [2.05, 4.69) is 10.0 Å². The molecule has 1 rings (SSSR count). The largest absolute Gasteiger partial charge is 0.329 e. The van der Waals surface area contributed by atoms with Crippen LogP contribution < -0.4 is 15.8 Å². The number of hydrogen-bond donors (Lipinski definition) is 3. The van der Waals surface area contributed by atoms with Crippen LogP contribution in [0.3, 0.4) is 0 Å². The van der Waals surface area contributed by atoms with Crippen LogP contribution in [0.4, 0.5) is 5.69 Å². The standard InChI is InChI=1S/C14H23N3O3S.ClH/c1-14(2,3)10-13(18)17-11-5-4-6-12(9-11)21(19,20)16-8-7-15;/h4-6,9,16H,7-8,10,15H2,1-3H3,(H,17,18);1H. The van der Waals surface area contributed by atoms with Gasteiger partial charge in [-0.05, 0) is 23.6 Å². The summed E-state index contributed by atoms with van der Waals surface area (Å²) in [6, 6.07) is 6.14. The van der Waals surface area contributed by atoms with Gasteiger partial charge in [-0.2, -0.15) is 0 Å². The van der Waals surface area contributed by atoms with E-state index in [0.717, 1.165) is 0 Å². The second-order valence-electron chi connectivity index (χ2n) is 6.00. The number of amides is 1. The minimum Gasteiger partial charge on any atom is -0.329 e. The van der Waals surface area contributed by atoms with Crippen LogP contribution in [0.15, 0.2) is 29.2 Å². The van der Waals surface area contributed by atoms with Crippen molar-refractivity contribution < 1.29 is 13.2 Å². The van der Waals surface area contributed by atoms with E-state index in [9.17, 15) is 13.2 Å². The summed E-state index contributed by atoms with van der Waals surface area (Å²) in [5.74, 6) is -0.146. The van der Waals surface area contributed by atoms with Gasteiger partial charge in [-0.3, -0.25) is 4.79 Å². The molecule has 1 aromatic carbocycles. The number of carbonyl (C=O) groups excluding carboxylic acids is 1. The van der Waals surface area contributed by atoms with Crippen molar-refractivity contribution >= 4 is 34.0 Å². The monoisotopic (exact) mass is 349 g/mol. The van der Waals surface area contributed by atoms with Crippen LogP contribution in [0.1, 0.15) is 27.2 Å². The summed E-state index contributed by atoms with van der Waals surface area (Å²) < 4.78 is 26.3. The Labute approximate surface area is 138 Å². The summed E-state index contributed by atoms with van der Waals surface area (Å²) in [4.78, 5) is 12.0. The third-order valence-electron chi connectivity index (χ3n) is 2.56. The molecule has 8 heteroatoms. The highest BCUT2D eigenvalue weighted by Crippen LogP contribution is 2.20. The molecule has 0 aliphatic carbocycles. The van der Waals surface area contributed by atoms with Crippen molar-refractivity contribution in [3.05, 3.63) is 24.3 Å². The van der Waals surface area contributed by atoms with Gasteiger partial charge in [0.25, 0.3) is 0 Å². The lowest BCUT2D eigenvalue weighted by atomic mass is 9.92. The SMILES string of the molecule is CC(C)(C)CC(=O)Nc1cccc(S(=O)(=O)NCCN)c1.Cl. The summed E-state index contributed by atoms with van der Waals surface area (Å²) >= 11 is 0. The Hall–Kier alpha value is -1.15. The van der Waals surface area contributed by atoms with E-state index in [-0.39, 0.29) is 41.7 Å². The molecule has 0 bridgehead atoms. The van der Waals surface area contributed by atoms with Gasteiger partial charge in [0, 0.05) is 25.2 Å². The number of anilines is 1. The maximum absolute atomic E-state index is 12.0. The normalized spacial score (nSPS) is 11.6. The molecule has 0 aliphatic rings. The second-order valence-corrected chi connectivity index (χ2v) is 7.77. The minimum atomic E-state index is -3.60. The predicted molar refractivity (Wildman–Crippen MR) is 90.6 cm³/mol. The number of nitrogens with one attached hydrogen (secondary N) is 2. The molecule has 0 spiro atoms. The molecular weight excluding hydrogens is 326 g/mol. The molecule has 22 heavy (non-hydrogen) atoms. The highest BCUT2D eigenvalue weighted by molar-refractivity contribution is 7.89. The first-order valence-electron chi connectivity index (χ1n) is 6.74. The molecule has 0 unspecified atom stereocenters. The van der Waals surface area contributed by atoms with Crippen molar-refractivity contribution in [2.75, 3.05) is 18.4 Å². The van der Waals surface area contributed by atoms with Gasteiger partial charge in [-0.15, -0.1) is 12.4 Å². The maximum atomic E-state index is 12.0. The van der Waals surface area contributed by atoms with Gasteiger partial charge < -0.3 is 11.1 Å². The molecule has 0 aromatic heterocycles. The smallest absolute Gasteiger partial charge is 0.240 e. The third-order valence-corrected chi connectivity index (χ3v) is 4.01. The Morgan fingerprint density at radius 1 is 1.27 bits per heavy atom. The Kier molecular flexibility index (Phi) is 8.03. The van der Waals surface area contributed by atoms with E-state index >= 15 is 0 Å². The predicted octanol–water partition coefficient (Wildman–Crippen LogP) is 1.72. The lowest BCUT2D eigenvalue weighted by Gasteiger charge is -2.17. The molecule has 6 nitrogen and oxygen atoms in total. The number of benzene rings is 1. The van der Waals surface area contributed by atoms with Crippen LogP contribution in [-0.4, -0.2) is 27.4 Å². The zero-order valence-electron chi connectivity index (χ0n) is 13.0. The summed E-state index contributed by atoms with van der Waals surface area (Å²) in [7, 11) is -3.60. The number of hydrogen-bond acceptors (Lipinski definition) is 4. The molecular formula is C14H24ClN3O3S. The topological polar surface area (TPSA) is 101 Å². The first kappa shape index (κ1) is 20.9. The van der Waals surface area contributed by atoms with Crippen molar-refractivity contribution in [1.29, 1.82) is 0 Å². The van der Waals surface area contributed by atoms with Crippen LogP contribution in [0.5, 0.6) is 0 Å². The van der Waals surface area contributed by atoms with Crippen LogP contribution in [0.2, 0.25) is 0 Å². The molecule has 0 heterocycles. The average molecular weight is 350 g/mol. The fourth-order valence-corrected chi connectivity index (χ4v) is 2.80. The first-order chi connectivity index (χ1) is 9.64. The summed E-state index contributed by atoms with van der Waals surface area (Å²) in [5, 5.41) is 2.71. The van der Waals surface area contributed by atoms with Gasteiger partial charge in [0.1, 0.15) is 0 Å². The number of sulfonamides is 1. The van der Waals surface area contributed by atoms with Gasteiger partial charge >= 0.3 is 0 Å². The highest BCUT2D eigenvalue weighted by Gasteiger charge is 2.17. The summed E-state index contributed by atoms with van der Waals surface area (Å²) in [6.45, 7) is 6.28. The molecule has 1 amide bonds. The van der Waals surface area contributed by atoms with E-state index in [0.29, 0.717) is 12.1 Å². The van der Waals surface area contributed by atoms with E-state index in [1.54, 1.807) is 12.1 Å². The van der Waals surface area contributed by atoms with E-state index < -0.39 is 10.0 Å². The van der Waals surface area contributed by atoms with Crippen molar-refractivity contribution in [2.45, 2.75) is 32.1 Å². The molecule has 126 valence electrons. The molecule has 0 aliphatic heterocycles. The molecule has 0 atom stereocenters. The number of rotatable bonds is 6. The van der Waals surface area contributed by atoms with Crippen molar-refractivity contribution in [1.82, 2.24) is 4.72 Å². The van der Waals surface area contributed by atoms with Crippen LogP contribution >= 0.6 is 12.4 Å². The molecule has 0 fully saturated rings. The Balaban J connectivity index is 0.00000441. The van der Waals surface area contributed by atoms with E-state index in [4.69, 9.17) is 5.73 Å². The first-order valence-corrected chi connectivity index (χ1v) is 8.22. The van der Waals surface area contributed by atoms with Gasteiger partial charge in [0.15, 0.2) is 0 Å². The number of halogens is 1. The lowest BCUT2D eigenvalue weighted by Crippen LogP contribution is -2.29. The van der Waals surface area contributed by atoms with E-state index in [1.165, 1.54) is 12.1 Å².